The summed E-state index contributed by atoms with van der Waals surface area (Å²) in [4.78, 5) is 4.35. The van der Waals surface area contributed by atoms with Gasteiger partial charge in [-0.1, -0.05) is 0 Å². The number of thiazole rings is 1. The molecular formula is C11H17BrN2OS. The average Bonchev–Trinajstić information content (AvgIpc) is 2.64. The maximum absolute atomic E-state index is 5.58. The van der Waals surface area contributed by atoms with Crippen LogP contribution in [0.25, 0.3) is 0 Å². The Kier molecular flexibility index (Phi) is 4.00. The van der Waals surface area contributed by atoms with Crippen LogP contribution in [0, 0.1) is 0 Å². The Balaban J connectivity index is 1.86. The van der Waals surface area contributed by atoms with Gasteiger partial charge >= 0.3 is 0 Å². The van der Waals surface area contributed by atoms with Crippen LogP contribution >= 0.6 is 27.3 Å². The number of methoxy groups -OCH3 is 1. The lowest BCUT2D eigenvalue weighted by molar-refractivity contribution is -0.0706. The van der Waals surface area contributed by atoms with Gasteiger partial charge in [-0.05, 0) is 42.1 Å². The quantitative estimate of drug-likeness (QED) is 0.907. The van der Waals surface area contributed by atoms with E-state index in [4.69, 9.17) is 4.74 Å². The number of aromatic nitrogens is 1. The monoisotopic (exact) mass is 304 g/mol. The van der Waals surface area contributed by atoms with Gasteiger partial charge in [0.15, 0.2) is 0 Å². The van der Waals surface area contributed by atoms with Crippen molar-refractivity contribution in [3.05, 3.63) is 15.0 Å². The molecule has 1 aromatic heterocycles. The van der Waals surface area contributed by atoms with Crippen molar-refractivity contribution in [1.82, 2.24) is 10.3 Å². The van der Waals surface area contributed by atoms with E-state index >= 15 is 0 Å². The molecule has 0 bridgehead atoms. The predicted octanol–water partition coefficient (Wildman–Crippen LogP) is 3.13. The first-order chi connectivity index (χ1) is 7.65. The Labute approximate surface area is 109 Å². The van der Waals surface area contributed by atoms with E-state index in [1.165, 1.54) is 19.3 Å². The highest BCUT2D eigenvalue weighted by atomic mass is 79.9. The van der Waals surface area contributed by atoms with Crippen LogP contribution in [0.2, 0.25) is 0 Å². The molecule has 2 rings (SSSR count). The summed E-state index contributed by atoms with van der Waals surface area (Å²) in [6.45, 7) is 3.06. The third kappa shape index (κ3) is 2.64. The molecule has 90 valence electrons. The molecule has 3 nitrogen and oxygen atoms in total. The molecule has 0 saturated heterocycles. The van der Waals surface area contributed by atoms with Crippen molar-refractivity contribution in [3.8, 4) is 0 Å². The van der Waals surface area contributed by atoms with Gasteiger partial charge < -0.3 is 10.1 Å². The molecule has 1 unspecified atom stereocenters. The van der Waals surface area contributed by atoms with E-state index < -0.39 is 0 Å². The summed E-state index contributed by atoms with van der Waals surface area (Å²) in [6, 6.07) is 0.295. The van der Waals surface area contributed by atoms with Crippen LogP contribution in [0.5, 0.6) is 0 Å². The predicted molar refractivity (Wildman–Crippen MR) is 69.8 cm³/mol. The van der Waals surface area contributed by atoms with E-state index in [0.717, 1.165) is 15.3 Å². The number of hydrogen-bond acceptors (Lipinski definition) is 4. The van der Waals surface area contributed by atoms with Crippen molar-refractivity contribution < 1.29 is 4.74 Å². The molecule has 0 aliphatic heterocycles. The lowest BCUT2D eigenvalue weighted by Crippen LogP contribution is -2.48. The van der Waals surface area contributed by atoms with E-state index in [9.17, 15) is 0 Å². The Morgan fingerprint density at radius 2 is 2.44 bits per heavy atom. The van der Waals surface area contributed by atoms with Crippen LogP contribution in [0.3, 0.4) is 0 Å². The first-order valence-corrected chi connectivity index (χ1v) is 7.16. The van der Waals surface area contributed by atoms with E-state index in [0.29, 0.717) is 6.04 Å². The molecule has 1 heterocycles. The van der Waals surface area contributed by atoms with Gasteiger partial charge in [-0.25, -0.2) is 4.98 Å². The molecule has 0 aromatic carbocycles. The normalized spacial score (nSPS) is 20.4. The fourth-order valence-corrected chi connectivity index (χ4v) is 3.19. The van der Waals surface area contributed by atoms with Gasteiger partial charge in [0.25, 0.3) is 0 Å². The largest absolute Gasteiger partial charge is 0.377 e. The van der Waals surface area contributed by atoms with Crippen molar-refractivity contribution in [2.45, 2.75) is 37.8 Å². The highest BCUT2D eigenvalue weighted by Crippen LogP contribution is 2.35. The Hall–Kier alpha value is 0.0300. The number of nitrogens with zero attached hydrogens (tertiary/aromatic N) is 1. The second-order valence-electron chi connectivity index (χ2n) is 4.35. The van der Waals surface area contributed by atoms with Gasteiger partial charge in [0, 0.05) is 13.7 Å². The Morgan fingerprint density at radius 3 is 2.88 bits per heavy atom. The SMILES string of the molecule is COC1(CNC(C)c2ncc(Br)s2)CCC1. The van der Waals surface area contributed by atoms with Gasteiger partial charge in [-0.2, -0.15) is 0 Å². The maximum atomic E-state index is 5.58. The number of nitrogens with one attached hydrogen (secondary N) is 1. The first-order valence-electron chi connectivity index (χ1n) is 5.55. The van der Waals surface area contributed by atoms with Gasteiger partial charge in [-0.15, -0.1) is 11.3 Å². The minimum absolute atomic E-state index is 0.0861. The number of hydrogen-bond donors (Lipinski definition) is 1. The molecule has 1 aliphatic rings. The summed E-state index contributed by atoms with van der Waals surface area (Å²) in [5, 5.41) is 4.63. The zero-order valence-corrected chi connectivity index (χ0v) is 12.0. The third-order valence-electron chi connectivity index (χ3n) is 3.29. The standard InChI is InChI=1S/C11H17BrN2OS/c1-8(10-13-6-9(12)16-10)14-7-11(15-2)4-3-5-11/h6,8,14H,3-5,7H2,1-2H3. The van der Waals surface area contributed by atoms with Crippen molar-refractivity contribution in [1.29, 1.82) is 0 Å². The molecule has 16 heavy (non-hydrogen) atoms. The van der Waals surface area contributed by atoms with Gasteiger partial charge in [0.1, 0.15) is 5.01 Å². The molecule has 5 heteroatoms. The molecule has 1 atom stereocenters. The molecule has 1 aliphatic carbocycles. The van der Waals surface area contributed by atoms with Crippen molar-refractivity contribution in [2.24, 2.45) is 0 Å². The fourth-order valence-electron chi connectivity index (χ4n) is 1.92. The lowest BCUT2D eigenvalue weighted by Gasteiger charge is -2.41. The fraction of sp³-hybridized carbons (Fsp3) is 0.727. The zero-order chi connectivity index (χ0) is 11.6. The van der Waals surface area contributed by atoms with E-state index in [-0.39, 0.29) is 5.60 Å². The minimum atomic E-state index is 0.0861. The van der Waals surface area contributed by atoms with Crippen molar-refractivity contribution in [2.75, 3.05) is 13.7 Å². The molecular weight excluding hydrogens is 288 g/mol. The Morgan fingerprint density at radius 1 is 1.69 bits per heavy atom. The van der Waals surface area contributed by atoms with Crippen LogP contribution in [0.1, 0.15) is 37.2 Å². The minimum Gasteiger partial charge on any atom is -0.377 e. The lowest BCUT2D eigenvalue weighted by atomic mass is 9.80. The summed E-state index contributed by atoms with van der Waals surface area (Å²) < 4.78 is 6.66. The Bertz CT molecular complexity index is 346. The molecule has 1 N–H and O–H groups in total. The van der Waals surface area contributed by atoms with Gasteiger partial charge in [0.2, 0.25) is 0 Å². The zero-order valence-electron chi connectivity index (χ0n) is 9.62. The summed E-state index contributed by atoms with van der Waals surface area (Å²) in [7, 11) is 1.81. The molecule has 0 spiro atoms. The maximum Gasteiger partial charge on any atom is 0.110 e. The summed E-state index contributed by atoms with van der Waals surface area (Å²) in [6.07, 6.45) is 5.48. The highest BCUT2D eigenvalue weighted by Gasteiger charge is 2.36. The smallest absolute Gasteiger partial charge is 0.110 e. The van der Waals surface area contributed by atoms with E-state index in [2.05, 4.69) is 33.2 Å². The van der Waals surface area contributed by atoms with E-state index in [1.807, 2.05) is 13.3 Å². The summed E-state index contributed by atoms with van der Waals surface area (Å²) in [5.74, 6) is 0. The molecule has 0 radical (unpaired) electrons. The second kappa shape index (κ2) is 5.12. The molecule has 0 amide bonds. The average molecular weight is 305 g/mol. The van der Waals surface area contributed by atoms with Gasteiger partial charge in [-0.3, -0.25) is 0 Å². The van der Waals surface area contributed by atoms with Crippen molar-refractivity contribution >= 4 is 27.3 Å². The highest BCUT2D eigenvalue weighted by molar-refractivity contribution is 9.11. The summed E-state index contributed by atoms with van der Waals surface area (Å²) in [5.41, 5.74) is 0.0861. The van der Waals surface area contributed by atoms with Crippen LogP contribution in [0.15, 0.2) is 9.98 Å². The number of halogens is 1. The van der Waals surface area contributed by atoms with Crippen molar-refractivity contribution in [3.63, 3.8) is 0 Å². The topological polar surface area (TPSA) is 34.1 Å². The number of ether oxygens (including phenoxy) is 1. The third-order valence-corrected chi connectivity index (χ3v) is 4.95. The van der Waals surface area contributed by atoms with Crippen LogP contribution in [-0.4, -0.2) is 24.2 Å². The summed E-state index contributed by atoms with van der Waals surface area (Å²) >= 11 is 5.11. The van der Waals surface area contributed by atoms with Crippen LogP contribution < -0.4 is 5.32 Å². The number of rotatable bonds is 5. The molecule has 1 fully saturated rings. The van der Waals surface area contributed by atoms with Crippen LogP contribution in [0.4, 0.5) is 0 Å². The first kappa shape index (κ1) is 12.5. The molecule has 1 aromatic rings. The van der Waals surface area contributed by atoms with E-state index in [1.54, 1.807) is 11.3 Å². The second-order valence-corrected chi connectivity index (χ2v) is 6.79. The van der Waals surface area contributed by atoms with Gasteiger partial charge in [0.05, 0.1) is 21.6 Å². The van der Waals surface area contributed by atoms with Crippen LogP contribution in [-0.2, 0) is 4.74 Å². The molecule has 1 saturated carbocycles.